The minimum Gasteiger partial charge on any atom is -0.481 e. The Hall–Kier alpha value is -11.5. The lowest BCUT2D eigenvalue weighted by Gasteiger charge is -2.40. The number of aliphatic carboxylic acids is 4. The molecule has 0 bridgehead atoms. The van der Waals surface area contributed by atoms with Gasteiger partial charge in [0.05, 0.1) is 66.7 Å². The van der Waals surface area contributed by atoms with Crippen molar-refractivity contribution >= 4 is 76.7 Å². The zero-order valence-corrected chi connectivity index (χ0v) is 60.3. The van der Waals surface area contributed by atoms with Gasteiger partial charge in [0.25, 0.3) is 0 Å². The molecule has 3 amide bonds. The summed E-state index contributed by atoms with van der Waals surface area (Å²) in [5.41, 5.74) is 9.57. The van der Waals surface area contributed by atoms with E-state index < -0.39 is 194 Å². The van der Waals surface area contributed by atoms with Crippen molar-refractivity contribution in [3.05, 3.63) is 213 Å². The molecular weight excluding hydrogens is 1380 g/mol. The van der Waals surface area contributed by atoms with Crippen molar-refractivity contribution in [1.29, 1.82) is 0 Å². The Kier molecular flexibility index (Phi) is 26.9. The third kappa shape index (κ3) is 20.8. The quantitative estimate of drug-likeness (QED) is 0.0139. The van der Waals surface area contributed by atoms with Crippen molar-refractivity contribution in [3.63, 3.8) is 0 Å². The molecule has 4 aromatic carbocycles. The second-order valence-electron chi connectivity index (χ2n) is 28.6. The number of allylic oxidation sites excluding steroid dienone is 2. The lowest BCUT2D eigenvalue weighted by molar-refractivity contribution is -0.148. The molecule has 108 heavy (non-hydrogen) atoms. The predicted molar refractivity (Wildman–Crippen MR) is 391 cm³/mol. The lowest BCUT2D eigenvalue weighted by Crippen LogP contribution is -2.49. The van der Waals surface area contributed by atoms with Crippen LogP contribution in [0.15, 0.2) is 163 Å². The van der Waals surface area contributed by atoms with Crippen LogP contribution in [0.2, 0.25) is 0 Å². The molecule has 3 heterocycles. The SMILES string of the molecule is CC(=O)C[C@@H](CC(=O)O)C(=O)N[C@@H](CCC(=O)O)C(=O)C[C@H](C(=O)N[C@@H](CC(=O)O)C(=O)Cc1ccc2c(c1)CC1=CC(CC(=O)[C@H](CC(=O)O)NC(=O)[C@H](CCCCN(Cc3ccccn3)Cc3ccccn3)CC(=O)OCC3c4ccccc4-c4ccccc43)=CC3OC(=O)c4ccccc4C2C13)C(C)C. The molecule has 1 aliphatic heterocycles. The fourth-order valence-corrected chi connectivity index (χ4v) is 15.2. The number of rotatable bonds is 40. The molecular formula is C83H88N6O19. The third-order valence-corrected chi connectivity index (χ3v) is 20.4. The second-order valence-corrected chi connectivity index (χ2v) is 28.6. The number of ether oxygens (including phenoxy) is 2. The number of nitrogens with zero attached hydrogens (tertiary/aromatic N) is 3. The third-order valence-electron chi connectivity index (χ3n) is 20.4. The van der Waals surface area contributed by atoms with E-state index in [-0.39, 0.29) is 37.4 Å². The van der Waals surface area contributed by atoms with Gasteiger partial charge in [0.1, 0.15) is 18.5 Å². The van der Waals surface area contributed by atoms with Gasteiger partial charge in [0.2, 0.25) is 17.7 Å². The van der Waals surface area contributed by atoms with Crippen LogP contribution in [0.4, 0.5) is 0 Å². The zero-order chi connectivity index (χ0) is 77.3. The van der Waals surface area contributed by atoms with Crippen molar-refractivity contribution in [2.75, 3.05) is 13.2 Å². The number of hydrogen-bond donors (Lipinski definition) is 7. The van der Waals surface area contributed by atoms with Crippen LogP contribution in [0.5, 0.6) is 0 Å². The number of aromatic nitrogens is 2. The summed E-state index contributed by atoms with van der Waals surface area (Å²) in [5, 5.41) is 47.0. The number of Topliss-reactive ketones (excluding diaryl/α,β-unsaturated/α-hetero) is 4. The first-order valence-electron chi connectivity index (χ1n) is 36.3. The molecule has 0 spiro atoms. The maximum Gasteiger partial charge on any atom is 0.339 e. The normalized spacial score (nSPS) is 16.9. The molecule has 3 unspecified atom stereocenters. The van der Waals surface area contributed by atoms with E-state index in [2.05, 4.69) is 30.8 Å². The summed E-state index contributed by atoms with van der Waals surface area (Å²) in [7, 11) is 0. The van der Waals surface area contributed by atoms with Crippen LogP contribution in [0, 0.1) is 29.6 Å². The van der Waals surface area contributed by atoms with Gasteiger partial charge in [-0.25, -0.2) is 4.79 Å². The summed E-state index contributed by atoms with van der Waals surface area (Å²) in [6.45, 7) is 5.87. The molecule has 25 nitrogen and oxygen atoms in total. The molecule has 0 saturated heterocycles. The Bertz CT molecular complexity index is 4370. The summed E-state index contributed by atoms with van der Waals surface area (Å²) in [6, 6.07) is 34.5. The van der Waals surface area contributed by atoms with Gasteiger partial charge in [-0.2, -0.15) is 0 Å². The maximum absolute atomic E-state index is 14.9. The number of carbonyl (C=O) groups excluding carboxylic acids is 9. The fraction of sp³-hybridized carbons (Fsp3) is 0.386. The van der Waals surface area contributed by atoms with Crippen molar-refractivity contribution in [3.8, 4) is 11.1 Å². The highest BCUT2D eigenvalue weighted by molar-refractivity contribution is 5.98. The molecule has 0 saturated carbocycles. The van der Waals surface area contributed by atoms with Gasteiger partial charge in [-0.05, 0) is 132 Å². The Labute approximate surface area is 624 Å². The van der Waals surface area contributed by atoms with Crippen molar-refractivity contribution < 1.29 is 92.2 Å². The van der Waals surface area contributed by atoms with Gasteiger partial charge in [0, 0.05) is 87.2 Å². The average molecular weight is 1470 g/mol. The monoisotopic (exact) mass is 1470 g/mol. The van der Waals surface area contributed by atoms with E-state index in [9.17, 15) is 82.8 Å². The Morgan fingerprint density at radius 2 is 1.13 bits per heavy atom. The van der Waals surface area contributed by atoms with Gasteiger partial charge < -0.3 is 50.6 Å². The molecule has 0 fully saturated rings. The maximum atomic E-state index is 14.9. The molecule has 2 aromatic heterocycles. The number of pyridine rings is 2. The highest BCUT2D eigenvalue weighted by Crippen LogP contribution is 2.51. The molecule has 564 valence electrons. The largest absolute Gasteiger partial charge is 0.481 e. The summed E-state index contributed by atoms with van der Waals surface area (Å²) < 4.78 is 12.3. The van der Waals surface area contributed by atoms with Crippen molar-refractivity contribution in [2.24, 2.45) is 29.6 Å². The Balaban J connectivity index is 0.863. The van der Waals surface area contributed by atoms with Crippen LogP contribution in [0.3, 0.4) is 0 Å². The Morgan fingerprint density at radius 1 is 0.565 bits per heavy atom. The number of esters is 2. The number of amides is 3. The molecule has 10 rings (SSSR count). The number of nitrogens with one attached hydrogen (secondary N) is 3. The van der Waals surface area contributed by atoms with Gasteiger partial charge >= 0.3 is 35.8 Å². The molecule has 4 aliphatic rings. The summed E-state index contributed by atoms with van der Waals surface area (Å²) in [4.78, 5) is 186. The van der Waals surface area contributed by atoms with E-state index in [1.807, 2.05) is 97.1 Å². The van der Waals surface area contributed by atoms with Crippen LogP contribution < -0.4 is 16.0 Å². The highest BCUT2D eigenvalue weighted by Gasteiger charge is 2.46. The number of ketones is 4. The summed E-state index contributed by atoms with van der Waals surface area (Å²) in [5.74, 6) is -17.9. The number of unbranched alkanes of at least 4 members (excludes halogenated alkanes) is 1. The average Bonchev–Trinajstić information content (AvgIpc) is 1.44. The number of carbonyl (C=O) groups is 13. The first kappa shape index (κ1) is 79.1. The molecule has 25 heteroatoms. The van der Waals surface area contributed by atoms with Gasteiger partial charge in [0.15, 0.2) is 17.3 Å². The minimum atomic E-state index is -1.64. The van der Waals surface area contributed by atoms with E-state index in [0.717, 1.165) is 46.1 Å². The molecule has 9 atom stereocenters. The van der Waals surface area contributed by atoms with E-state index >= 15 is 0 Å². The predicted octanol–water partition coefficient (Wildman–Crippen LogP) is 9.06. The van der Waals surface area contributed by atoms with Gasteiger partial charge in [-0.1, -0.05) is 129 Å². The second kappa shape index (κ2) is 36.7. The summed E-state index contributed by atoms with van der Waals surface area (Å²) in [6.07, 6.45) is 1.44. The minimum absolute atomic E-state index is 0.00838. The van der Waals surface area contributed by atoms with Gasteiger partial charge in [-0.15, -0.1) is 0 Å². The van der Waals surface area contributed by atoms with E-state index in [1.165, 1.54) is 0 Å². The van der Waals surface area contributed by atoms with E-state index in [1.54, 1.807) is 68.7 Å². The highest BCUT2D eigenvalue weighted by atomic mass is 16.5. The van der Waals surface area contributed by atoms with Crippen LogP contribution in [0.25, 0.3) is 11.1 Å². The van der Waals surface area contributed by atoms with E-state index in [0.29, 0.717) is 60.3 Å². The fourth-order valence-electron chi connectivity index (χ4n) is 15.2. The van der Waals surface area contributed by atoms with Crippen LogP contribution >= 0.6 is 0 Å². The zero-order valence-electron chi connectivity index (χ0n) is 60.3. The molecule has 6 aromatic rings. The van der Waals surface area contributed by atoms with Crippen molar-refractivity contribution in [2.45, 2.75) is 160 Å². The van der Waals surface area contributed by atoms with E-state index in [4.69, 9.17) is 9.47 Å². The van der Waals surface area contributed by atoms with Crippen molar-refractivity contribution in [1.82, 2.24) is 30.8 Å². The first-order chi connectivity index (χ1) is 51.8. The van der Waals surface area contributed by atoms with Crippen LogP contribution in [0.1, 0.15) is 165 Å². The Morgan fingerprint density at radius 3 is 1.71 bits per heavy atom. The first-order valence-corrected chi connectivity index (χ1v) is 36.3. The molecule has 3 aliphatic carbocycles. The number of hydrogen-bond acceptors (Lipinski definition) is 18. The standard InChI is InChI=1S/C83H88N6O19/c1-47(2)64(41-71(93)66(27-28-73(94)95)86-81(104)54(32-48(3)90)39-74(96)97)82(105)88-68(43-76(100)101)69(91)35-49-25-26-57-52(33-49)38-53-34-50(37-72-78(53)79(57)62-23-8-9-24-63(62)83(106)108-72)36-70(92)67(42-75(98)99)87-80(103)51(16-12-15-31-89(44-55-17-10-13-29-84-55)45-56-18-11-14-30-85-56)40-77(102)107-46-65-60-21-6-4-19-58(60)59-20-5-7-22-61(59)65/h4-11,13-14,17-26,29-30,33-34,37,47,51,54,64-68,72,78-79H,12,15-16,27-28,31-32,35-36,38-46H2,1-3H3,(H,86,104)(H,87,103)(H,88,105)(H,94,95)(H,96,97)(H,98,99)(H,100,101)/t51-,54+,64+,66+,67+,68+,72?,78?,79?/m1/s1. The smallest absolute Gasteiger partial charge is 0.339 e. The number of fused-ring (bicyclic) bond motifs is 7. The number of benzene rings is 4. The number of carboxylic acids is 4. The number of carboxylic acid groups (broad SMARTS) is 4. The summed E-state index contributed by atoms with van der Waals surface area (Å²) >= 11 is 0. The topological polar surface area (TPSA) is 386 Å². The lowest BCUT2D eigenvalue weighted by atomic mass is 9.64. The van der Waals surface area contributed by atoms with Crippen LogP contribution in [-0.4, -0.2) is 149 Å². The van der Waals surface area contributed by atoms with Crippen LogP contribution in [-0.2, 0) is 92.9 Å². The molecule has 7 N–H and O–H groups in total. The molecule has 0 radical (unpaired) electrons. The van der Waals surface area contributed by atoms with Gasteiger partial charge in [-0.3, -0.25) is 67.6 Å².